The lowest BCUT2D eigenvalue weighted by Crippen LogP contribution is -2.41. The van der Waals surface area contributed by atoms with Gasteiger partial charge >= 0.3 is 0 Å². The van der Waals surface area contributed by atoms with E-state index in [0.29, 0.717) is 32.8 Å². The summed E-state index contributed by atoms with van der Waals surface area (Å²) in [5, 5.41) is 0. The van der Waals surface area contributed by atoms with E-state index < -0.39 is 0 Å². The fourth-order valence-electron chi connectivity index (χ4n) is 1.63. The van der Waals surface area contributed by atoms with Crippen LogP contribution in [0.2, 0.25) is 0 Å². The molecule has 1 amide bonds. The molecule has 0 aromatic carbocycles. The summed E-state index contributed by atoms with van der Waals surface area (Å²) >= 11 is 0. The van der Waals surface area contributed by atoms with Crippen LogP contribution in [0, 0.1) is 5.92 Å². The maximum absolute atomic E-state index is 12.2. The van der Waals surface area contributed by atoms with Gasteiger partial charge in [-0.05, 0) is 12.8 Å². The number of hydrogen-bond donors (Lipinski definition) is 1. The van der Waals surface area contributed by atoms with Crippen molar-refractivity contribution < 1.29 is 14.3 Å². The minimum absolute atomic E-state index is 0.0746. The van der Waals surface area contributed by atoms with Gasteiger partial charge in [-0.3, -0.25) is 4.79 Å². The van der Waals surface area contributed by atoms with Crippen LogP contribution >= 0.6 is 0 Å². The second-order valence-electron chi connectivity index (χ2n) is 4.01. The normalized spacial score (nSPS) is 12.5. The zero-order valence-corrected chi connectivity index (χ0v) is 11.3. The SMILES string of the molecule is CCC(CN)C(=O)N(CCCOC)CCOC. The average Bonchev–Trinajstić information content (AvgIpc) is 2.35. The number of methoxy groups -OCH3 is 2. The molecule has 0 fully saturated rings. The minimum atomic E-state index is -0.0746. The first-order chi connectivity index (χ1) is 8.21. The van der Waals surface area contributed by atoms with Gasteiger partial charge in [0.05, 0.1) is 12.5 Å². The Balaban J connectivity index is 4.26. The summed E-state index contributed by atoms with van der Waals surface area (Å²) in [7, 11) is 3.30. The van der Waals surface area contributed by atoms with Crippen LogP contribution in [0.15, 0.2) is 0 Å². The molecule has 0 bridgehead atoms. The van der Waals surface area contributed by atoms with Crippen molar-refractivity contribution in [2.24, 2.45) is 11.7 Å². The summed E-state index contributed by atoms with van der Waals surface area (Å²) in [5.41, 5.74) is 5.60. The molecule has 0 heterocycles. The Bertz CT molecular complexity index is 196. The first-order valence-electron chi connectivity index (χ1n) is 6.17. The number of carbonyl (C=O) groups is 1. The molecule has 0 rings (SSSR count). The highest BCUT2D eigenvalue weighted by Gasteiger charge is 2.20. The van der Waals surface area contributed by atoms with Crippen LogP contribution < -0.4 is 5.73 Å². The quantitative estimate of drug-likeness (QED) is 0.570. The van der Waals surface area contributed by atoms with Gasteiger partial charge in [0.25, 0.3) is 0 Å². The molecule has 0 spiro atoms. The molecule has 5 nitrogen and oxygen atoms in total. The average molecular weight is 246 g/mol. The molecule has 0 aliphatic heterocycles. The van der Waals surface area contributed by atoms with E-state index >= 15 is 0 Å². The molecule has 1 unspecified atom stereocenters. The van der Waals surface area contributed by atoms with E-state index in [1.165, 1.54) is 0 Å². The van der Waals surface area contributed by atoms with Crippen LogP contribution in [0.4, 0.5) is 0 Å². The monoisotopic (exact) mass is 246 g/mol. The van der Waals surface area contributed by atoms with E-state index in [1.54, 1.807) is 14.2 Å². The zero-order chi connectivity index (χ0) is 13.1. The molecule has 1 atom stereocenters. The molecule has 0 saturated heterocycles. The van der Waals surface area contributed by atoms with Crippen LogP contribution in [0.1, 0.15) is 19.8 Å². The van der Waals surface area contributed by atoms with E-state index in [1.807, 2.05) is 11.8 Å². The lowest BCUT2D eigenvalue weighted by molar-refractivity contribution is -0.136. The number of hydrogen-bond acceptors (Lipinski definition) is 4. The third kappa shape index (κ3) is 6.61. The Morgan fingerprint density at radius 1 is 1.24 bits per heavy atom. The minimum Gasteiger partial charge on any atom is -0.385 e. The van der Waals surface area contributed by atoms with Crippen LogP contribution in [-0.4, -0.2) is 57.9 Å². The smallest absolute Gasteiger partial charge is 0.227 e. The summed E-state index contributed by atoms with van der Waals surface area (Å²) < 4.78 is 10.0. The molecule has 0 aliphatic carbocycles. The second-order valence-corrected chi connectivity index (χ2v) is 4.01. The first-order valence-corrected chi connectivity index (χ1v) is 6.17. The van der Waals surface area contributed by atoms with Crippen molar-refractivity contribution >= 4 is 5.91 Å². The number of amides is 1. The van der Waals surface area contributed by atoms with Gasteiger partial charge in [0.15, 0.2) is 0 Å². The van der Waals surface area contributed by atoms with Crippen LogP contribution in [0.5, 0.6) is 0 Å². The summed E-state index contributed by atoms with van der Waals surface area (Å²) in [6, 6.07) is 0. The Kier molecular flexibility index (Phi) is 10.1. The van der Waals surface area contributed by atoms with E-state index in [2.05, 4.69) is 0 Å². The number of nitrogens with zero attached hydrogens (tertiary/aromatic N) is 1. The summed E-state index contributed by atoms with van der Waals surface area (Å²) in [5.74, 6) is 0.0533. The molecule has 0 radical (unpaired) electrons. The zero-order valence-electron chi connectivity index (χ0n) is 11.3. The Labute approximate surface area is 104 Å². The molecule has 0 aromatic heterocycles. The molecule has 5 heteroatoms. The van der Waals surface area contributed by atoms with Crippen molar-refractivity contribution in [1.82, 2.24) is 4.90 Å². The maximum Gasteiger partial charge on any atom is 0.227 e. The first kappa shape index (κ1) is 16.4. The highest BCUT2D eigenvalue weighted by molar-refractivity contribution is 5.79. The van der Waals surface area contributed by atoms with Gasteiger partial charge in [0.2, 0.25) is 5.91 Å². The van der Waals surface area contributed by atoms with Gasteiger partial charge < -0.3 is 20.1 Å². The lowest BCUT2D eigenvalue weighted by Gasteiger charge is -2.26. The fraction of sp³-hybridized carbons (Fsp3) is 0.917. The van der Waals surface area contributed by atoms with Gasteiger partial charge in [-0.25, -0.2) is 0 Å². The van der Waals surface area contributed by atoms with Crippen molar-refractivity contribution in [2.75, 3.05) is 47.1 Å². The molecule has 17 heavy (non-hydrogen) atoms. The largest absolute Gasteiger partial charge is 0.385 e. The summed E-state index contributed by atoms with van der Waals surface area (Å²) in [6.07, 6.45) is 1.62. The third-order valence-corrected chi connectivity index (χ3v) is 2.78. The second kappa shape index (κ2) is 10.5. The highest BCUT2D eigenvalue weighted by Crippen LogP contribution is 2.07. The van der Waals surface area contributed by atoms with Crippen molar-refractivity contribution in [3.8, 4) is 0 Å². The number of carbonyl (C=O) groups excluding carboxylic acids is 1. The summed E-state index contributed by atoms with van der Waals surface area (Å²) in [6.45, 7) is 4.93. The lowest BCUT2D eigenvalue weighted by atomic mass is 10.1. The highest BCUT2D eigenvalue weighted by atomic mass is 16.5. The summed E-state index contributed by atoms with van der Waals surface area (Å²) in [4.78, 5) is 14.0. The Hall–Kier alpha value is -0.650. The van der Waals surface area contributed by atoms with Crippen molar-refractivity contribution in [2.45, 2.75) is 19.8 Å². The van der Waals surface area contributed by atoms with Gasteiger partial charge in [0.1, 0.15) is 0 Å². The molecule has 0 saturated carbocycles. The molecule has 0 aromatic rings. The molecular formula is C12H26N2O3. The molecular weight excluding hydrogens is 220 g/mol. The van der Waals surface area contributed by atoms with Crippen molar-refractivity contribution in [1.29, 1.82) is 0 Å². The fourth-order valence-corrected chi connectivity index (χ4v) is 1.63. The van der Waals surface area contributed by atoms with Gasteiger partial charge in [-0.1, -0.05) is 6.92 Å². The number of rotatable bonds is 10. The Morgan fingerprint density at radius 2 is 1.88 bits per heavy atom. The Morgan fingerprint density at radius 3 is 2.35 bits per heavy atom. The molecule has 0 aliphatic rings. The van der Waals surface area contributed by atoms with Crippen LogP contribution in [0.3, 0.4) is 0 Å². The van der Waals surface area contributed by atoms with E-state index in [4.69, 9.17) is 15.2 Å². The topological polar surface area (TPSA) is 64.8 Å². The van der Waals surface area contributed by atoms with Gasteiger partial charge in [-0.15, -0.1) is 0 Å². The number of ether oxygens (including phenoxy) is 2. The van der Waals surface area contributed by atoms with E-state index in [0.717, 1.165) is 12.8 Å². The van der Waals surface area contributed by atoms with Gasteiger partial charge in [0, 0.05) is 40.5 Å². The molecule has 102 valence electrons. The van der Waals surface area contributed by atoms with E-state index in [9.17, 15) is 4.79 Å². The van der Waals surface area contributed by atoms with Crippen LogP contribution in [-0.2, 0) is 14.3 Å². The maximum atomic E-state index is 12.2. The van der Waals surface area contributed by atoms with E-state index in [-0.39, 0.29) is 11.8 Å². The van der Waals surface area contributed by atoms with Crippen molar-refractivity contribution in [3.05, 3.63) is 0 Å². The predicted molar refractivity (Wildman–Crippen MR) is 67.8 cm³/mol. The molecule has 2 N–H and O–H groups in total. The van der Waals surface area contributed by atoms with Crippen molar-refractivity contribution in [3.63, 3.8) is 0 Å². The van der Waals surface area contributed by atoms with Crippen LogP contribution in [0.25, 0.3) is 0 Å². The van der Waals surface area contributed by atoms with Gasteiger partial charge in [-0.2, -0.15) is 0 Å². The third-order valence-electron chi connectivity index (χ3n) is 2.78. The predicted octanol–water partition coefficient (Wildman–Crippen LogP) is 0.483. The number of nitrogens with two attached hydrogens (primary N) is 1. The standard InChI is InChI=1S/C12H26N2O3/c1-4-11(10-13)12(15)14(7-9-17-3)6-5-8-16-2/h11H,4-10,13H2,1-3H3.